The highest BCUT2D eigenvalue weighted by Crippen LogP contribution is 2.16. The van der Waals surface area contributed by atoms with Gasteiger partial charge in [0.2, 0.25) is 0 Å². The summed E-state index contributed by atoms with van der Waals surface area (Å²) in [6.45, 7) is 5.19. The van der Waals surface area contributed by atoms with E-state index in [0.29, 0.717) is 32.9 Å². The number of methoxy groups -OCH3 is 1. The van der Waals surface area contributed by atoms with Gasteiger partial charge in [-0.1, -0.05) is 24.3 Å². The average Bonchev–Trinajstić information content (AvgIpc) is 2.72. The van der Waals surface area contributed by atoms with Crippen LogP contribution >= 0.6 is 0 Å². The quantitative estimate of drug-likeness (QED) is 0.382. The number of rotatable bonds is 10. The molecule has 0 radical (unpaired) electrons. The molecular formula is C21H29N3O3. The van der Waals surface area contributed by atoms with Gasteiger partial charge in [-0.3, -0.25) is 4.99 Å². The highest BCUT2D eigenvalue weighted by Gasteiger charge is 2.04. The second-order valence-corrected chi connectivity index (χ2v) is 5.78. The molecule has 0 aliphatic rings. The molecule has 0 aliphatic carbocycles. The maximum Gasteiger partial charge on any atom is 0.191 e. The normalized spacial score (nSPS) is 11.1. The Morgan fingerprint density at radius 1 is 0.963 bits per heavy atom. The highest BCUT2D eigenvalue weighted by molar-refractivity contribution is 5.79. The monoisotopic (exact) mass is 371 g/mol. The second-order valence-electron chi connectivity index (χ2n) is 5.78. The fraction of sp³-hybridized carbons (Fsp3) is 0.381. The van der Waals surface area contributed by atoms with Gasteiger partial charge < -0.3 is 24.8 Å². The van der Waals surface area contributed by atoms with E-state index in [4.69, 9.17) is 14.2 Å². The van der Waals surface area contributed by atoms with Gasteiger partial charge in [-0.25, -0.2) is 0 Å². The number of guanidine groups is 1. The Bertz CT molecular complexity index is 702. The summed E-state index contributed by atoms with van der Waals surface area (Å²) in [5.74, 6) is 2.36. The SMILES string of the molecule is CCOCc1ccccc1CNC(=NC)NCCOc1ccc(OC)cc1. The number of nitrogens with zero attached hydrogens (tertiary/aromatic N) is 1. The van der Waals surface area contributed by atoms with Crippen molar-refractivity contribution in [1.29, 1.82) is 0 Å². The zero-order valence-electron chi connectivity index (χ0n) is 16.3. The topological polar surface area (TPSA) is 64.1 Å². The third-order valence-corrected chi connectivity index (χ3v) is 3.97. The van der Waals surface area contributed by atoms with Crippen molar-refractivity contribution in [1.82, 2.24) is 10.6 Å². The van der Waals surface area contributed by atoms with Crippen molar-refractivity contribution in [3.63, 3.8) is 0 Å². The van der Waals surface area contributed by atoms with Crippen LogP contribution in [0.4, 0.5) is 0 Å². The fourth-order valence-corrected chi connectivity index (χ4v) is 2.49. The fourth-order valence-electron chi connectivity index (χ4n) is 2.49. The zero-order chi connectivity index (χ0) is 19.3. The lowest BCUT2D eigenvalue weighted by Gasteiger charge is -2.14. The van der Waals surface area contributed by atoms with E-state index >= 15 is 0 Å². The Kier molecular flexibility index (Phi) is 9.00. The first-order valence-electron chi connectivity index (χ1n) is 9.12. The Balaban J connectivity index is 1.74. The summed E-state index contributed by atoms with van der Waals surface area (Å²) < 4.78 is 16.4. The van der Waals surface area contributed by atoms with Crippen LogP contribution < -0.4 is 20.1 Å². The van der Waals surface area contributed by atoms with Crippen molar-refractivity contribution < 1.29 is 14.2 Å². The molecule has 0 aromatic heterocycles. The summed E-state index contributed by atoms with van der Waals surface area (Å²) in [5, 5.41) is 6.58. The first kappa shape index (κ1) is 20.6. The van der Waals surface area contributed by atoms with Crippen LogP contribution in [-0.2, 0) is 17.9 Å². The van der Waals surface area contributed by atoms with Crippen LogP contribution in [0.25, 0.3) is 0 Å². The average molecular weight is 371 g/mol. The van der Waals surface area contributed by atoms with Gasteiger partial charge in [-0.15, -0.1) is 0 Å². The van der Waals surface area contributed by atoms with Gasteiger partial charge in [0.05, 0.1) is 20.3 Å². The Labute approximate surface area is 161 Å². The molecular weight excluding hydrogens is 342 g/mol. The molecule has 0 atom stereocenters. The Hall–Kier alpha value is -2.73. The third kappa shape index (κ3) is 7.19. The van der Waals surface area contributed by atoms with Gasteiger partial charge in [0.15, 0.2) is 5.96 Å². The van der Waals surface area contributed by atoms with E-state index < -0.39 is 0 Å². The molecule has 0 bridgehead atoms. The first-order valence-corrected chi connectivity index (χ1v) is 9.12. The predicted octanol–water partition coefficient (Wildman–Crippen LogP) is 2.98. The predicted molar refractivity (Wildman–Crippen MR) is 108 cm³/mol. The van der Waals surface area contributed by atoms with Gasteiger partial charge in [0.25, 0.3) is 0 Å². The summed E-state index contributed by atoms with van der Waals surface area (Å²) in [4.78, 5) is 4.25. The van der Waals surface area contributed by atoms with E-state index in [1.54, 1.807) is 14.2 Å². The van der Waals surface area contributed by atoms with Crippen LogP contribution in [0.5, 0.6) is 11.5 Å². The molecule has 0 saturated heterocycles. The molecule has 0 spiro atoms. The van der Waals surface area contributed by atoms with Crippen LogP contribution in [0.1, 0.15) is 18.1 Å². The van der Waals surface area contributed by atoms with E-state index in [-0.39, 0.29) is 0 Å². The molecule has 0 unspecified atom stereocenters. The van der Waals surface area contributed by atoms with Crippen molar-refractivity contribution >= 4 is 5.96 Å². The lowest BCUT2D eigenvalue weighted by atomic mass is 10.1. The summed E-state index contributed by atoms with van der Waals surface area (Å²) >= 11 is 0. The summed E-state index contributed by atoms with van der Waals surface area (Å²) in [6.07, 6.45) is 0. The van der Waals surface area contributed by atoms with E-state index in [9.17, 15) is 0 Å². The van der Waals surface area contributed by atoms with Crippen LogP contribution in [0, 0.1) is 0 Å². The van der Waals surface area contributed by atoms with Crippen molar-refractivity contribution in [3.8, 4) is 11.5 Å². The van der Waals surface area contributed by atoms with Crippen molar-refractivity contribution in [2.45, 2.75) is 20.1 Å². The molecule has 2 aromatic carbocycles. The summed E-state index contributed by atoms with van der Waals surface area (Å²) in [7, 11) is 3.40. The lowest BCUT2D eigenvalue weighted by molar-refractivity contribution is 0.133. The van der Waals surface area contributed by atoms with Crippen molar-refractivity contribution in [3.05, 3.63) is 59.7 Å². The number of benzene rings is 2. The van der Waals surface area contributed by atoms with Crippen LogP contribution in [0.15, 0.2) is 53.5 Å². The van der Waals surface area contributed by atoms with Crippen LogP contribution in [-0.4, -0.2) is 39.9 Å². The number of aliphatic imine (C=N–C) groups is 1. The van der Waals surface area contributed by atoms with E-state index in [1.165, 1.54) is 11.1 Å². The molecule has 27 heavy (non-hydrogen) atoms. The number of nitrogens with one attached hydrogen (secondary N) is 2. The largest absolute Gasteiger partial charge is 0.497 e. The van der Waals surface area contributed by atoms with Gasteiger partial charge in [0, 0.05) is 20.2 Å². The van der Waals surface area contributed by atoms with Crippen molar-refractivity contribution in [2.24, 2.45) is 4.99 Å². The van der Waals surface area contributed by atoms with Gasteiger partial charge in [-0.05, 0) is 42.3 Å². The maximum atomic E-state index is 5.71. The van der Waals surface area contributed by atoms with Gasteiger partial charge in [0.1, 0.15) is 18.1 Å². The number of ether oxygens (including phenoxy) is 3. The minimum Gasteiger partial charge on any atom is -0.497 e. The van der Waals surface area contributed by atoms with Crippen LogP contribution in [0.2, 0.25) is 0 Å². The molecule has 2 rings (SSSR count). The minimum atomic E-state index is 0.536. The zero-order valence-corrected chi connectivity index (χ0v) is 16.3. The molecule has 2 N–H and O–H groups in total. The minimum absolute atomic E-state index is 0.536. The molecule has 6 heteroatoms. The molecule has 0 heterocycles. The number of hydrogen-bond donors (Lipinski definition) is 2. The molecule has 0 saturated carbocycles. The van der Waals surface area contributed by atoms with E-state index in [0.717, 1.165) is 17.5 Å². The molecule has 0 amide bonds. The van der Waals surface area contributed by atoms with Gasteiger partial charge >= 0.3 is 0 Å². The first-order chi connectivity index (χ1) is 13.3. The smallest absolute Gasteiger partial charge is 0.191 e. The van der Waals surface area contributed by atoms with Crippen LogP contribution in [0.3, 0.4) is 0 Å². The number of hydrogen-bond acceptors (Lipinski definition) is 4. The summed E-state index contributed by atoms with van der Waals surface area (Å²) in [6, 6.07) is 15.8. The Morgan fingerprint density at radius 3 is 2.33 bits per heavy atom. The van der Waals surface area contributed by atoms with E-state index in [2.05, 4.69) is 27.8 Å². The lowest BCUT2D eigenvalue weighted by Crippen LogP contribution is -2.39. The molecule has 0 aliphatic heterocycles. The highest BCUT2D eigenvalue weighted by atomic mass is 16.5. The summed E-state index contributed by atoms with van der Waals surface area (Å²) in [5.41, 5.74) is 2.38. The molecule has 0 fully saturated rings. The maximum absolute atomic E-state index is 5.71. The third-order valence-electron chi connectivity index (χ3n) is 3.97. The molecule has 6 nitrogen and oxygen atoms in total. The standard InChI is InChI=1S/C21H29N3O3/c1-4-26-16-18-8-6-5-7-17(18)15-24-21(22-2)23-13-14-27-20-11-9-19(25-3)10-12-20/h5-12H,4,13-16H2,1-3H3,(H2,22,23,24). The van der Waals surface area contributed by atoms with Gasteiger partial charge in [-0.2, -0.15) is 0 Å². The van der Waals surface area contributed by atoms with E-state index in [1.807, 2.05) is 43.3 Å². The second kappa shape index (κ2) is 11.8. The van der Waals surface area contributed by atoms with Crippen molar-refractivity contribution in [2.75, 3.05) is 33.9 Å². The molecule has 2 aromatic rings. The Morgan fingerprint density at radius 2 is 1.67 bits per heavy atom. The molecule has 146 valence electrons.